The Morgan fingerprint density at radius 3 is 2.78 bits per heavy atom. The van der Waals surface area contributed by atoms with Gasteiger partial charge in [0.15, 0.2) is 10.8 Å². The van der Waals surface area contributed by atoms with E-state index in [0.29, 0.717) is 22.0 Å². The summed E-state index contributed by atoms with van der Waals surface area (Å²) in [6.45, 7) is 1.64. The summed E-state index contributed by atoms with van der Waals surface area (Å²) in [5.74, 6) is -1.85. The molecule has 4 heterocycles. The summed E-state index contributed by atoms with van der Waals surface area (Å²) in [5, 5.41) is 19.3. The number of aryl methyl sites for hydroxylation is 1. The van der Waals surface area contributed by atoms with Gasteiger partial charge in [-0.25, -0.2) is 9.78 Å². The molecule has 4 rings (SSSR count). The number of nitrogen functional groups attached to an aromatic ring is 1. The quantitative estimate of drug-likeness (QED) is 0.108. The predicted octanol–water partition coefficient (Wildman–Crippen LogP) is -3.46. The maximum Gasteiger partial charge on any atom is 1.00 e. The van der Waals surface area contributed by atoms with Crippen LogP contribution in [-0.2, 0) is 19.2 Å². The Morgan fingerprint density at radius 2 is 2.17 bits per heavy atom. The number of hydrogen-bond donors (Lipinski definition) is 2. The number of fused-ring (bicyclic) bond motifs is 1. The smallest absolute Gasteiger partial charge is 0.543 e. The molecule has 0 bridgehead atoms. The van der Waals surface area contributed by atoms with E-state index < -0.39 is 34.8 Å². The number of hydrogen-bond acceptors (Lipinski definition) is 13. The van der Waals surface area contributed by atoms with Crippen LogP contribution >= 0.6 is 34.9 Å². The van der Waals surface area contributed by atoms with E-state index in [-0.39, 0.29) is 57.5 Å². The van der Waals surface area contributed by atoms with Crippen LogP contribution in [0.15, 0.2) is 48.0 Å². The van der Waals surface area contributed by atoms with Crippen molar-refractivity contribution in [2.75, 3.05) is 24.3 Å². The number of amides is 2. The number of carbonyl (C=O) groups excluding carboxylic acids is 3. The number of rotatable bonds is 8. The van der Waals surface area contributed by atoms with Crippen molar-refractivity contribution in [2.24, 2.45) is 5.16 Å². The van der Waals surface area contributed by atoms with Crippen LogP contribution in [0.4, 0.5) is 5.13 Å². The molecule has 0 saturated carbocycles. The largest absolute Gasteiger partial charge is 1.00 e. The van der Waals surface area contributed by atoms with E-state index in [1.165, 1.54) is 42.1 Å². The average Bonchev–Trinajstić information content (AvgIpc) is 3.23. The number of nitrogens with two attached hydrogens (primary N) is 1. The van der Waals surface area contributed by atoms with Gasteiger partial charge in [-0.3, -0.25) is 14.5 Å². The molecule has 1 saturated heterocycles. The van der Waals surface area contributed by atoms with Gasteiger partial charge >= 0.3 is 35.2 Å². The molecule has 2 aromatic rings. The first-order valence-electron chi connectivity index (χ1n) is 9.95. The van der Waals surface area contributed by atoms with E-state index in [4.69, 9.17) is 15.0 Å². The van der Waals surface area contributed by atoms with Gasteiger partial charge in [-0.1, -0.05) is 5.16 Å². The molecule has 2 aliphatic rings. The van der Waals surface area contributed by atoms with E-state index in [0.717, 1.165) is 16.2 Å². The zero-order valence-corrected chi connectivity index (χ0v) is 23.8. The van der Waals surface area contributed by atoms with Crippen LogP contribution in [0.5, 0.6) is 0 Å². The Hall–Kier alpha value is -2.30. The topological polar surface area (TPSA) is 180 Å². The maximum absolute atomic E-state index is 12.9. The number of aromatic nitrogens is 1. The molecule has 0 aliphatic carbocycles. The number of aliphatic carboxylic acids is 1. The number of β-lactam (4-membered cyclic amide) rings is 1. The van der Waals surface area contributed by atoms with Crippen molar-refractivity contribution in [3.05, 3.63) is 50.7 Å². The number of carboxylic acids is 1. The second-order valence-electron chi connectivity index (χ2n) is 7.31. The van der Waals surface area contributed by atoms with Crippen molar-refractivity contribution in [1.29, 1.82) is 0 Å². The second-order valence-corrected chi connectivity index (χ2v) is 10.3. The molecule has 36 heavy (non-hydrogen) atoms. The zero-order chi connectivity index (χ0) is 25.3. The van der Waals surface area contributed by atoms with Gasteiger partial charge in [-0.15, -0.1) is 34.9 Å². The molecule has 0 spiro atoms. The first-order chi connectivity index (χ1) is 16.7. The van der Waals surface area contributed by atoms with Crippen molar-refractivity contribution < 1.29 is 58.3 Å². The number of nitrogens with one attached hydrogen (secondary N) is 1. The fraction of sp³-hybridized carbons (Fsp3) is 0.300. The molecular weight excluding hydrogens is 541 g/mol. The molecule has 16 heteroatoms. The van der Waals surface area contributed by atoms with Crippen molar-refractivity contribution in [3.63, 3.8) is 0 Å². The Labute approximate surface area is 239 Å². The Kier molecular flexibility index (Phi) is 9.29. The molecule has 0 radical (unpaired) electrons. The van der Waals surface area contributed by atoms with Crippen LogP contribution in [-0.4, -0.2) is 63.4 Å². The molecule has 2 atom stereocenters. The normalized spacial score (nSPS) is 19.2. The van der Waals surface area contributed by atoms with Crippen LogP contribution in [0.3, 0.4) is 0 Å². The van der Waals surface area contributed by atoms with Gasteiger partial charge < -0.3 is 30.2 Å². The third-order valence-electron chi connectivity index (χ3n) is 4.97. The Morgan fingerprint density at radius 1 is 1.42 bits per heavy atom. The molecule has 2 aromatic heterocycles. The van der Waals surface area contributed by atoms with Crippen molar-refractivity contribution in [1.82, 2.24) is 15.2 Å². The summed E-state index contributed by atoms with van der Waals surface area (Å²) in [6.07, 6.45) is 0. The van der Waals surface area contributed by atoms with Gasteiger partial charge in [0.05, 0.1) is 11.7 Å². The molecule has 0 aromatic carbocycles. The van der Waals surface area contributed by atoms with Crippen LogP contribution in [0, 0.1) is 6.92 Å². The van der Waals surface area contributed by atoms with E-state index >= 15 is 0 Å². The third kappa shape index (κ3) is 5.81. The van der Waals surface area contributed by atoms with E-state index in [2.05, 4.69) is 15.5 Å². The minimum Gasteiger partial charge on any atom is -0.543 e. The van der Waals surface area contributed by atoms with Crippen molar-refractivity contribution in [3.8, 4) is 0 Å². The van der Waals surface area contributed by atoms with Crippen molar-refractivity contribution in [2.45, 2.75) is 23.2 Å². The monoisotopic (exact) mass is 559 g/mol. The van der Waals surface area contributed by atoms with Gasteiger partial charge in [-0.05, 0) is 18.6 Å². The summed E-state index contributed by atoms with van der Waals surface area (Å²) >= 11 is 3.66. The molecular formula is C20H18N5NaO7S3. The van der Waals surface area contributed by atoms with Crippen LogP contribution in [0.2, 0.25) is 0 Å². The zero-order valence-electron chi connectivity index (χ0n) is 19.3. The summed E-state index contributed by atoms with van der Waals surface area (Å²) in [5.41, 5.74) is 5.38. The molecule has 12 nitrogen and oxygen atoms in total. The molecule has 2 amide bonds. The van der Waals surface area contributed by atoms with Crippen LogP contribution in [0.25, 0.3) is 0 Å². The van der Waals surface area contributed by atoms with Gasteiger partial charge in [0.2, 0.25) is 0 Å². The molecule has 2 aliphatic heterocycles. The number of nitrogens with zero attached hydrogens (tertiary/aromatic N) is 3. The molecule has 0 unspecified atom stereocenters. The first-order valence-corrected chi connectivity index (χ1v) is 12.9. The standard InChI is InChI=1S/C20H19N5O7S3.Na/c1-8-3-10(4-12(26)32-8)33-5-9-6-34-18-14(17(28)25(18)15(9)19(29)30)23-16(27)13(24-31-2)11-7-35-20(21)22-11;/h3-4,7,14,18H,5-6H2,1-2H3,(H2,21,22)(H,23,27)(H,29,30);/q;+1/p-1/b24-13-;/t14-,18-;/m0./s1. The molecule has 3 N–H and O–H groups in total. The van der Waals surface area contributed by atoms with Gasteiger partial charge in [0.1, 0.15) is 30.0 Å². The average molecular weight is 560 g/mol. The number of carbonyl (C=O) groups is 3. The van der Waals surface area contributed by atoms with E-state index in [1.807, 2.05) is 0 Å². The SMILES string of the molecule is CO/N=C(\C(=O)N[C@H]1C(=O)N2C(C(=O)[O-])=C(CSc3cc(C)oc(=O)c3)CS[C@@H]12)c1csc(N)n1.[Na+]. The van der Waals surface area contributed by atoms with Crippen LogP contribution in [0.1, 0.15) is 11.5 Å². The Balaban J connectivity index is 0.00000361. The number of oxime groups is 1. The number of anilines is 1. The van der Waals surface area contributed by atoms with E-state index in [1.54, 1.807) is 13.0 Å². The summed E-state index contributed by atoms with van der Waals surface area (Å²) in [7, 11) is 1.26. The maximum atomic E-state index is 12.9. The summed E-state index contributed by atoms with van der Waals surface area (Å²) in [6, 6.07) is 2.00. The number of thioether (sulfide) groups is 2. The van der Waals surface area contributed by atoms with Gasteiger partial charge in [0, 0.05) is 27.8 Å². The third-order valence-corrected chi connectivity index (χ3v) is 8.05. The number of thiazole rings is 1. The molecule has 184 valence electrons. The first kappa shape index (κ1) is 28.3. The van der Waals surface area contributed by atoms with Gasteiger partial charge in [0.25, 0.3) is 11.8 Å². The number of carboxylic acid groups (broad SMARTS) is 1. The predicted molar refractivity (Wildman–Crippen MR) is 128 cm³/mol. The minimum atomic E-state index is -1.49. The van der Waals surface area contributed by atoms with Crippen LogP contribution < -0.4 is 51.3 Å². The summed E-state index contributed by atoms with van der Waals surface area (Å²) in [4.78, 5) is 59.7. The second kappa shape index (κ2) is 11.8. The minimum absolute atomic E-state index is 0. The van der Waals surface area contributed by atoms with Crippen molar-refractivity contribution >= 4 is 63.5 Å². The Bertz CT molecular complexity index is 1320. The van der Waals surface area contributed by atoms with E-state index in [9.17, 15) is 24.3 Å². The molecule has 1 fully saturated rings. The summed E-state index contributed by atoms with van der Waals surface area (Å²) < 4.78 is 4.93. The van der Waals surface area contributed by atoms with Gasteiger partial charge in [-0.2, -0.15) is 0 Å². The fourth-order valence-corrected chi connectivity index (χ4v) is 6.55. The fourth-order valence-electron chi connectivity index (χ4n) is 3.51.